The predicted molar refractivity (Wildman–Crippen MR) is 101 cm³/mol. The molecule has 0 unspecified atom stereocenters. The number of hydrogen-bond acceptors (Lipinski definition) is 3. The zero-order valence-electron chi connectivity index (χ0n) is 14.6. The SMILES string of the molecule is O=C(/C=C/c1ccsc1)NC1CCN(C(=O)NC2CCCCC2)CC1. The summed E-state index contributed by atoms with van der Waals surface area (Å²) in [5, 5.41) is 10.2. The Balaban J connectivity index is 1.37. The molecule has 3 amide bonds. The molecule has 0 bridgehead atoms. The number of carbonyl (C=O) groups excluding carboxylic acids is 2. The highest BCUT2D eigenvalue weighted by atomic mass is 32.1. The summed E-state index contributed by atoms with van der Waals surface area (Å²) < 4.78 is 0. The highest BCUT2D eigenvalue weighted by molar-refractivity contribution is 7.08. The van der Waals surface area contributed by atoms with Crippen LogP contribution in [0.5, 0.6) is 0 Å². The van der Waals surface area contributed by atoms with Crippen LogP contribution >= 0.6 is 11.3 Å². The molecular formula is C19H27N3O2S. The third-order valence-electron chi connectivity index (χ3n) is 5.03. The Kier molecular flexibility index (Phi) is 6.50. The Hall–Kier alpha value is -1.82. The maximum absolute atomic E-state index is 12.3. The van der Waals surface area contributed by atoms with Crippen LogP contribution in [0.15, 0.2) is 22.9 Å². The van der Waals surface area contributed by atoms with Crippen molar-refractivity contribution in [1.29, 1.82) is 0 Å². The highest BCUT2D eigenvalue weighted by Crippen LogP contribution is 2.18. The first-order valence-corrected chi connectivity index (χ1v) is 10.2. The number of hydrogen-bond donors (Lipinski definition) is 2. The molecule has 6 heteroatoms. The second-order valence-electron chi connectivity index (χ2n) is 6.94. The molecule has 1 aromatic rings. The first kappa shape index (κ1) is 18.0. The minimum absolute atomic E-state index is 0.0590. The van der Waals surface area contributed by atoms with Crippen LogP contribution in [0.25, 0.3) is 6.08 Å². The number of likely N-dealkylation sites (tertiary alicyclic amines) is 1. The van der Waals surface area contributed by atoms with Gasteiger partial charge in [-0.05, 0) is 54.1 Å². The van der Waals surface area contributed by atoms with Gasteiger partial charge < -0.3 is 15.5 Å². The van der Waals surface area contributed by atoms with Gasteiger partial charge in [0.1, 0.15) is 0 Å². The van der Waals surface area contributed by atoms with Gasteiger partial charge in [-0.25, -0.2) is 4.79 Å². The Morgan fingerprint density at radius 2 is 1.76 bits per heavy atom. The average Bonchev–Trinajstić information content (AvgIpc) is 3.15. The molecular weight excluding hydrogens is 334 g/mol. The van der Waals surface area contributed by atoms with Gasteiger partial charge in [-0.1, -0.05) is 19.3 Å². The van der Waals surface area contributed by atoms with Crippen molar-refractivity contribution in [2.45, 2.75) is 57.0 Å². The van der Waals surface area contributed by atoms with Crippen molar-refractivity contribution in [2.75, 3.05) is 13.1 Å². The number of carbonyl (C=O) groups is 2. The molecule has 1 aromatic heterocycles. The van der Waals surface area contributed by atoms with E-state index >= 15 is 0 Å². The molecule has 1 saturated heterocycles. The molecule has 5 nitrogen and oxygen atoms in total. The van der Waals surface area contributed by atoms with E-state index in [2.05, 4.69) is 10.6 Å². The molecule has 2 fully saturated rings. The lowest BCUT2D eigenvalue weighted by Gasteiger charge is -2.34. The molecule has 25 heavy (non-hydrogen) atoms. The highest BCUT2D eigenvalue weighted by Gasteiger charge is 2.25. The summed E-state index contributed by atoms with van der Waals surface area (Å²) in [4.78, 5) is 26.2. The van der Waals surface area contributed by atoms with Crippen LogP contribution in [-0.2, 0) is 4.79 Å². The van der Waals surface area contributed by atoms with Gasteiger partial charge in [0.15, 0.2) is 0 Å². The third kappa shape index (κ3) is 5.59. The van der Waals surface area contributed by atoms with Gasteiger partial charge in [0.25, 0.3) is 0 Å². The summed E-state index contributed by atoms with van der Waals surface area (Å²) in [6.07, 6.45) is 11.0. The largest absolute Gasteiger partial charge is 0.350 e. The van der Waals surface area contributed by atoms with Crippen LogP contribution in [0.2, 0.25) is 0 Å². The summed E-state index contributed by atoms with van der Waals surface area (Å²) in [5.74, 6) is -0.0590. The van der Waals surface area contributed by atoms with Gasteiger partial charge in [0.05, 0.1) is 0 Å². The van der Waals surface area contributed by atoms with E-state index in [9.17, 15) is 9.59 Å². The smallest absolute Gasteiger partial charge is 0.317 e. The average molecular weight is 362 g/mol. The van der Waals surface area contributed by atoms with Crippen molar-refractivity contribution < 1.29 is 9.59 Å². The van der Waals surface area contributed by atoms with Crippen molar-refractivity contribution in [3.63, 3.8) is 0 Å². The number of piperidine rings is 1. The van der Waals surface area contributed by atoms with Crippen LogP contribution < -0.4 is 10.6 Å². The molecule has 0 aromatic carbocycles. The van der Waals surface area contributed by atoms with Crippen LogP contribution in [0.4, 0.5) is 4.79 Å². The van der Waals surface area contributed by atoms with E-state index in [1.165, 1.54) is 19.3 Å². The fraction of sp³-hybridized carbons (Fsp3) is 0.579. The Morgan fingerprint density at radius 1 is 1.04 bits per heavy atom. The van der Waals surface area contributed by atoms with E-state index in [4.69, 9.17) is 0 Å². The van der Waals surface area contributed by atoms with Crippen molar-refractivity contribution >= 4 is 29.4 Å². The molecule has 2 heterocycles. The lowest BCUT2D eigenvalue weighted by molar-refractivity contribution is -0.117. The van der Waals surface area contributed by atoms with Crippen molar-refractivity contribution in [3.8, 4) is 0 Å². The van der Waals surface area contributed by atoms with E-state index in [0.717, 1.165) is 31.2 Å². The number of amides is 3. The Morgan fingerprint density at radius 3 is 2.44 bits per heavy atom. The lowest BCUT2D eigenvalue weighted by atomic mass is 9.95. The first-order chi connectivity index (χ1) is 12.2. The van der Waals surface area contributed by atoms with E-state index < -0.39 is 0 Å². The summed E-state index contributed by atoms with van der Waals surface area (Å²) in [6, 6.07) is 2.55. The van der Waals surface area contributed by atoms with Crippen molar-refractivity contribution in [2.24, 2.45) is 0 Å². The number of nitrogens with one attached hydrogen (secondary N) is 2. The fourth-order valence-electron chi connectivity index (χ4n) is 3.53. The van der Waals surface area contributed by atoms with Crippen LogP contribution in [-0.4, -0.2) is 42.0 Å². The summed E-state index contributed by atoms with van der Waals surface area (Å²) in [7, 11) is 0. The topological polar surface area (TPSA) is 61.4 Å². The van der Waals surface area contributed by atoms with Gasteiger partial charge in [-0.15, -0.1) is 0 Å². The number of urea groups is 1. The first-order valence-electron chi connectivity index (χ1n) is 9.27. The normalized spacial score (nSPS) is 19.9. The zero-order valence-corrected chi connectivity index (χ0v) is 15.4. The van der Waals surface area contributed by atoms with E-state index in [0.29, 0.717) is 19.1 Å². The minimum atomic E-state index is -0.0590. The Bertz CT molecular complexity index is 586. The van der Waals surface area contributed by atoms with Crippen LogP contribution in [0.1, 0.15) is 50.5 Å². The lowest BCUT2D eigenvalue weighted by Crippen LogP contribution is -2.51. The fourth-order valence-corrected chi connectivity index (χ4v) is 4.16. The van der Waals surface area contributed by atoms with Crippen molar-refractivity contribution in [1.82, 2.24) is 15.5 Å². The monoisotopic (exact) mass is 361 g/mol. The molecule has 2 aliphatic rings. The van der Waals surface area contributed by atoms with Gasteiger partial charge in [0, 0.05) is 31.2 Å². The quantitative estimate of drug-likeness (QED) is 0.808. The number of nitrogens with zero attached hydrogens (tertiary/aromatic N) is 1. The maximum Gasteiger partial charge on any atom is 0.317 e. The van der Waals surface area contributed by atoms with Gasteiger partial charge in [-0.2, -0.15) is 11.3 Å². The predicted octanol–water partition coefficient (Wildman–Crippen LogP) is 3.38. The second kappa shape index (κ2) is 9.04. The van der Waals surface area contributed by atoms with Crippen molar-refractivity contribution in [3.05, 3.63) is 28.5 Å². The second-order valence-corrected chi connectivity index (χ2v) is 7.72. The van der Waals surface area contributed by atoms with Gasteiger partial charge in [0.2, 0.25) is 5.91 Å². The Labute approximate surface area is 153 Å². The van der Waals surface area contributed by atoms with Crippen LogP contribution in [0, 0.1) is 0 Å². The molecule has 1 saturated carbocycles. The molecule has 0 atom stereocenters. The number of rotatable bonds is 4. The van der Waals surface area contributed by atoms with Gasteiger partial charge >= 0.3 is 6.03 Å². The standard InChI is InChI=1S/C19H27N3O2S/c23-18(7-6-15-10-13-25-14-15)20-17-8-11-22(12-9-17)19(24)21-16-4-2-1-3-5-16/h6-7,10,13-14,16-17H,1-5,8-9,11-12H2,(H,20,23)(H,21,24)/b7-6+. The molecule has 3 rings (SSSR count). The molecule has 0 spiro atoms. The molecule has 0 radical (unpaired) electrons. The minimum Gasteiger partial charge on any atom is -0.350 e. The van der Waals surface area contributed by atoms with Gasteiger partial charge in [-0.3, -0.25) is 4.79 Å². The molecule has 1 aliphatic carbocycles. The summed E-state index contributed by atoms with van der Waals surface area (Å²) in [6.45, 7) is 1.41. The third-order valence-corrected chi connectivity index (χ3v) is 5.73. The van der Waals surface area contributed by atoms with E-state index in [-0.39, 0.29) is 18.0 Å². The maximum atomic E-state index is 12.3. The summed E-state index contributed by atoms with van der Waals surface area (Å²) >= 11 is 1.62. The number of thiophene rings is 1. The zero-order chi connectivity index (χ0) is 17.5. The summed E-state index contributed by atoms with van der Waals surface area (Å²) in [5.41, 5.74) is 1.05. The molecule has 1 aliphatic heterocycles. The molecule has 2 N–H and O–H groups in total. The van der Waals surface area contributed by atoms with E-state index in [1.807, 2.05) is 27.8 Å². The molecule has 136 valence electrons. The van der Waals surface area contributed by atoms with E-state index in [1.54, 1.807) is 17.4 Å². The van der Waals surface area contributed by atoms with Crippen LogP contribution in [0.3, 0.4) is 0 Å².